The van der Waals surface area contributed by atoms with Crippen LogP contribution >= 0.6 is 11.8 Å². The molecule has 104 valence electrons. The van der Waals surface area contributed by atoms with Gasteiger partial charge >= 0.3 is 5.97 Å². The quantitative estimate of drug-likeness (QED) is 0.806. The van der Waals surface area contributed by atoms with Gasteiger partial charge in [-0.25, -0.2) is 4.79 Å². The Morgan fingerprint density at radius 1 is 1.44 bits per heavy atom. The van der Waals surface area contributed by atoms with E-state index in [0.29, 0.717) is 25.2 Å². The maximum absolute atomic E-state index is 11.9. The van der Waals surface area contributed by atoms with Gasteiger partial charge in [-0.1, -0.05) is 13.8 Å². The van der Waals surface area contributed by atoms with Crippen molar-refractivity contribution >= 4 is 23.6 Å². The van der Waals surface area contributed by atoms with Crippen LogP contribution in [0.3, 0.4) is 0 Å². The van der Waals surface area contributed by atoms with Crippen molar-refractivity contribution in [1.29, 1.82) is 0 Å². The molecule has 0 radical (unpaired) electrons. The summed E-state index contributed by atoms with van der Waals surface area (Å²) in [5.74, 6) is -0.479. The minimum atomic E-state index is -1.03. The molecule has 1 fully saturated rings. The summed E-state index contributed by atoms with van der Waals surface area (Å²) in [5, 5.41) is 12.4. The Bertz CT molecular complexity index is 311. The second-order valence-corrected chi connectivity index (χ2v) is 6.64. The molecule has 0 heterocycles. The normalized spacial score (nSPS) is 29.6. The number of aliphatic carboxylic acids is 1. The number of nitrogens with one attached hydrogen (secondary N) is 1. The molecule has 1 rings (SSSR count). The number of thioether (sulfide) groups is 1. The van der Waals surface area contributed by atoms with Crippen LogP contribution in [0.5, 0.6) is 0 Å². The molecule has 0 spiro atoms. The zero-order valence-corrected chi connectivity index (χ0v) is 12.2. The van der Waals surface area contributed by atoms with E-state index in [0.717, 1.165) is 12.8 Å². The molecule has 4 nitrogen and oxygen atoms in total. The molecule has 5 heteroatoms. The lowest BCUT2D eigenvalue weighted by molar-refractivity contribution is -0.149. The van der Waals surface area contributed by atoms with Crippen molar-refractivity contribution in [3.8, 4) is 0 Å². The molecule has 0 aromatic heterocycles. The average molecular weight is 273 g/mol. The Morgan fingerprint density at radius 3 is 2.44 bits per heavy atom. The standard InChI is InChI=1S/C13H23NO3S/c1-9-4-6-13(7-5-9,12(16)17)14-11(15)8-10(2)18-3/h9-10H,4-8H2,1-3H3,(H,14,15)(H,16,17). The van der Waals surface area contributed by atoms with Gasteiger partial charge in [0.05, 0.1) is 0 Å². The van der Waals surface area contributed by atoms with Crippen molar-refractivity contribution in [2.24, 2.45) is 5.92 Å². The fourth-order valence-corrected chi connectivity index (χ4v) is 2.63. The Kier molecular flexibility index (Phi) is 5.50. The SMILES string of the molecule is CSC(C)CC(=O)NC1(C(=O)O)CCC(C)CC1. The monoisotopic (exact) mass is 273 g/mol. The van der Waals surface area contributed by atoms with E-state index < -0.39 is 11.5 Å². The van der Waals surface area contributed by atoms with Crippen molar-refractivity contribution in [1.82, 2.24) is 5.32 Å². The summed E-state index contributed by atoms with van der Waals surface area (Å²) in [6.07, 6.45) is 5.15. The Labute approximate surface area is 113 Å². The number of carboxylic acid groups (broad SMARTS) is 1. The zero-order valence-electron chi connectivity index (χ0n) is 11.4. The molecule has 1 amide bonds. The Hall–Kier alpha value is -0.710. The molecule has 2 N–H and O–H groups in total. The third-order valence-corrected chi connectivity index (χ3v) is 4.76. The number of amides is 1. The predicted molar refractivity (Wildman–Crippen MR) is 73.7 cm³/mol. The highest BCUT2D eigenvalue weighted by atomic mass is 32.2. The summed E-state index contributed by atoms with van der Waals surface area (Å²) in [7, 11) is 0. The lowest BCUT2D eigenvalue weighted by atomic mass is 9.77. The molecular weight excluding hydrogens is 250 g/mol. The van der Waals surface area contributed by atoms with Gasteiger partial charge in [-0.3, -0.25) is 4.79 Å². The van der Waals surface area contributed by atoms with E-state index in [1.807, 2.05) is 13.2 Å². The summed E-state index contributed by atoms with van der Waals surface area (Å²) in [6, 6.07) is 0. The number of carbonyl (C=O) groups excluding carboxylic acids is 1. The van der Waals surface area contributed by atoms with Crippen molar-refractivity contribution < 1.29 is 14.7 Å². The fourth-order valence-electron chi connectivity index (χ4n) is 2.31. The van der Waals surface area contributed by atoms with Crippen LogP contribution in [0.25, 0.3) is 0 Å². The summed E-state index contributed by atoms with van der Waals surface area (Å²) in [6.45, 7) is 4.10. The first kappa shape index (κ1) is 15.3. The maximum Gasteiger partial charge on any atom is 0.329 e. The van der Waals surface area contributed by atoms with Crippen LogP contribution in [0.1, 0.15) is 46.0 Å². The number of hydrogen-bond donors (Lipinski definition) is 2. The van der Waals surface area contributed by atoms with Crippen molar-refractivity contribution in [2.75, 3.05) is 6.26 Å². The van der Waals surface area contributed by atoms with Crippen molar-refractivity contribution in [3.05, 3.63) is 0 Å². The predicted octanol–water partition coefficient (Wildman–Crippen LogP) is 2.28. The molecule has 1 atom stereocenters. The first-order valence-corrected chi connectivity index (χ1v) is 7.75. The molecule has 0 aliphatic heterocycles. The Balaban J connectivity index is 2.63. The maximum atomic E-state index is 11.9. The van der Waals surface area contributed by atoms with Crippen LogP contribution in [0.2, 0.25) is 0 Å². The van der Waals surface area contributed by atoms with Gasteiger partial charge in [0.25, 0.3) is 0 Å². The fraction of sp³-hybridized carbons (Fsp3) is 0.846. The van der Waals surface area contributed by atoms with Crippen LogP contribution in [-0.4, -0.2) is 34.0 Å². The van der Waals surface area contributed by atoms with E-state index in [2.05, 4.69) is 12.2 Å². The number of hydrogen-bond acceptors (Lipinski definition) is 3. The summed E-state index contributed by atoms with van der Waals surface area (Å²) >= 11 is 1.61. The molecule has 1 saturated carbocycles. The van der Waals surface area contributed by atoms with Gasteiger partial charge in [0.1, 0.15) is 5.54 Å². The second kappa shape index (κ2) is 6.45. The molecule has 18 heavy (non-hydrogen) atoms. The lowest BCUT2D eigenvalue weighted by Crippen LogP contribution is -2.56. The first-order valence-electron chi connectivity index (χ1n) is 6.47. The number of rotatable bonds is 5. The van der Waals surface area contributed by atoms with E-state index in [1.54, 1.807) is 11.8 Å². The minimum absolute atomic E-state index is 0.145. The van der Waals surface area contributed by atoms with E-state index >= 15 is 0 Å². The Morgan fingerprint density at radius 2 is 2.00 bits per heavy atom. The lowest BCUT2D eigenvalue weighted by Gasteiger charge is -2.36. The third kappa shape index (κ3) is 3.90. The molecule has 1 unspecified atom stereocenters. The second-order valence-electron chi connectivity index (χ2n) is 5.37. The topological polar surface area (TPSA) is 66.4 Å². The summed E-state index contributed by atoms with van der Waals surface area (Å²) in [5.41, 5.74) is -1.03. The van der Waals surface area contributed by atoms with E-state index in [9.17, 15) is 14.7 Å². The summed E-state index contributed by atoms with van der Waals surface area (Å²) in [4.78, 5) is 23.3. The van der Waals surface area contributed by atoms with Gasteiger partial charge in [-0.15, -0.1) is 0 Å². The van der Waals surface area contributed by atoms with Crippen LogP contribution in [0.15, 0.2) is 0 Å². The van der Waals surface area contributed by atoms with Gasteiger partial charge in [0, 0.05) is 11.7 Å². The van der Waals surface area contributed by atoms with E-state index in [-0.39, 0.29) is 11.2 Å². The van der Waals surface area contributed by atoms with Crippen LogP contribution in [-0.2, 0) is 9.59 Å². The van der Waals surface area contributed by atoms with Gasteiger partial charge in [0.2, 0.25) is 5.91 Å². The molecule has 1 aliphatic carbocycles. The molecule has 0 bridgehead atoms. The minimum Gasteiger partial charge on any atom is -0.480 e. The van der Waals surface area contributed by atoms with Crippen LogP contribution < -0.4 is 5.32 Å². The smallest absolute Gasteiger partial charge is 0.329 e. The zero-order chi connectivity index (χ0) is 13.8. The molecule has 1 aliphatic rings. The highest BCUT2D eigenvalue weighted by Gasteiger charge is 2.42. The van der Waals surface area contributed by atoms with E-state index in [4.69, 9.17) is 0 Å². The average Bonchev–Trinajstić information content (AvgIpc) is 2.31. The number of carbonyl (C=O) groups is 2. The summed E-state index contributed by atoms with van der Waals surface area (Å²) < 4.78 is 0. The molecular formula is C13H23NO3S. The van der Waals surface area contributed by atoms with Gasteiger partial charge < -0.3 is 10.4 Å². The van der Waals surface area contributed by atoms with E-state index in [1.165, 1.54) is 0 Å². The first-order chi connectivity index (χ1) is 8.39. The molecule has 0 aromatic rings. The van der Waals surface area contributed by atoms with Crippen molar-refractivity contribution in [2.45, 2.75) is 56.7 Å². The van der Waals surface area contributed by atoms with Gasteiger partial charge in [-0.05, 0) is 37.9 Å². The molecule has 0 aromatic carbocycles. The largest absolute Gasteiger partial charge is 0.480 e. The van der Waals surface area contributed by atoms with Crippen LogP contribution in [0.4, 0.5) is 0 Å². The molecule has 0 saturated heterocycles. The van der Waals surface area contributed by atoms with Crippen molar-refractivity contribution in [3.63, 3.8) is 0 Å². The highest BCUT2D eigenvalue weighted by molar-refractivity contribution is 7.99. The highest BCUT2D eigenvalue weighted by Crippen LogP contribution is 2.32. The van der Waals surface area contributed by atoms with Gasteiger partial charge in [-0.2, -0.15) is 11.8 Å². The third-order valence-electron chi connectivity index (χ3n) is 3.79. The van der Waals surface area contributed by atoms with Crippen LogP contribution in [0, 0.1) is 5.92 Å². The van der Waals surface area contributed by atoms with Gasteiger partial charge in [0.15, 0.2) is 0 Å². The number of carboxylic acids is 1.